The van der Waals surface area contributed by atoms with Crippen LogP contribution >= 0.6 is 0 Å². The van der Waals surface area contributed by atoms with E-state index in [2.05, 4.69) is 0 Å². The number of aliphatic hydroxyl groups is 1. The predicted molar refractivity (Wildman–Crippen MR) is 115 cm³/mol. The second-order valence-corrected chi connectivity index (χ2v) is 7.67. The molecular formula is C26H20O4. The quantitative estimate of drug-likeness (QED) is 0.648. The molecule has 148 valence electrons. The highest BCUT2D eigenvalue weighted by atomic mass is 16.5. The standard InChI is InChI=1S/C26H20O4/c27-13-12-16-4-8-19(9-5-16)30-25-11-6-17-14-22(20-2-1-3-21(25)26(17)20)23-15-18(28)7-10-24(23)29/h1-11,15,22,27H,12-14H2. The first-order valence-electron chi connectivity index (χ1n) is 10.0. The van der Waals surface area contributed by atoms with Gasteiger partial charge in [0.15, 0.2) is 11.6 Å². The molecule has 1 unspecified atom stereocenters. The van der Waals surface area contributed by atoms with Gasteiger partial charge in [-0.1, -0.05) is 36.4 Å². The highest BCUT2D eigenvalue weighted by Gasteiger charge is 2.31. The number of hydrogen-bond donors (Lipinski definition) is 1. The Labute approximate surface area is 174 Å². The first kappa shape index (κ1) is 18.5. The van der Waals surface area contributed by atoms with Gasteiger partial charge in [0.25, 0.3) is 0 Å². The minimum atomic E-state index is -0.138. The van der Waals surface area contributed by atoms with Crippen molar-refractivity contribution in [2.45, 2.75) is 18.8 Å². The zero-order valence-electron chi connectivity index (χ0n) is 16.3. The number of carbonyl (C=O) groups excluding carboxylic acids is 2. The summed E-state index contributed by atoms with van der Waals surface area (Å²) in [6, 6.07) is 17.8. The molecule has 1 N–H and O–H groups in total. The maximum Gasteiger partial charge on any atom is 0.182 e. The molecule has 30 heavy (non-hydrogen) atoms. The fourth-order valence-electron chi connectivity index (χ4n) is 4.42. The van der Waals surface area contributed by atoms with Crippen LogP contribution in [0.1, 0.15) is 22.6 Å². The third-order valence-corrected chi connectivity index (χ3v) is 5.83. The lowest BCUT2D eigenvalue weighted by Crippen LogP contribution is -2.14. The van der Waals surface area contributed by atoms with Crippen LogP contribution in [-0.2, 0) is 22.4 Å². The second kappa shape index (κ2) is 7.39. The molecule has 2 aliphatic carbocycles. The first-order chi connectivity index (χ1) is 14.6. The SMILES string of the molecule is O=C1C=CC(=O)C(C2Cc3ccc(Oc4ccc(CCO)cc4)c4cccc2c34)=C1. The van der Waals surface area contributed by atoms with Crippen molar-refractivity contribution in [3.8, 4) is 11.5 Å². The molecule has 1 atom stereocenters. The molecule has 3 aromatic rings. The Bertz CT molecular complexity index is 1230. The molecule has 0 heterocycles. The summed E-state index contributed by atoms with van der Waals surface area (Å²) >= 11 is 0. The minimum Gasteiger partial charge on any atom is -0.457 e. The molecule has 4 nitrogen and oxygen atoms in total. The van der Waals surface area contributed by atoms with Crippen molar-refractivity contribution >= 4 is 22.3 Å². The topological polar surface area (TPSA) is 63.6 Å². The molecule has 4 heteroatoms. The van der Waals surface area contributed by atoms with Gasteiger partial charge in [0.2, 0.25) is 0 Å². The van der Waals surface area contributed by atoms with Crippen molar-refractivity contribution in [2.24, 2.45) is 0 Å². The van der Waals surface area contributed by atoms with E-state index in [1.807, 2.05) is 54.6 Å². The van der Waals surface area contributed by atoms with Gasteiger partial charge in [0, 0.05) is 23.5 Å². The van der Waals surface area contributed by atoms with Crippen LogP contribution in [0.5, 0.6) is 11.5 Å². The Kier molecular flexibility index (Phi) is 4.57. The van der Waals surface area contributed by atoms with Crippen LogP contribution in [0.25, 0.3) is 10.8 Å². The highest BCUT2D eigenvalue weighted by Crippen LogP contribution is 2.45. The van der Waals surface area contributed by atoms with Gasteiger partial charge < -0.3 is 9.84 Å². The van der Waals surface area contributed by atoms with E-state index in [-0.39, 0.29) is 24.1 Å². The summed E-state index contributed by atoms with van der Waals surface area (Å²) in [5.41, 5.74) is 3.84. The van der Waals surface area contributed by atoms with Crippen LogP contribution in [-0.4, -0.2) is 23.3 Å². The smallest absolute Gasteiger partial charge is 0.182 e. The fraction of sp³-hybridized carbons (Fsp3) is 0.154. The zero-order valence-corrected chi connectivity index (χ0v) is 16.3. The number of allylic oxidation sites excluding steroid dienone is 4. The molecule has 5 rings (SSSR count). The Morgan fingerprint density at radius 1 is 0.967 bits per heavy atom. The molecule has 0 amide bonds. The van der Waals surface area contributed by atoms with E-state index in [9.17, 15) is 9.59 Å². The van der Waals surface area contributed by atoms with Crippen molar-refractivity contribution in [3.63, 3.8) is 0 Å². The third kappa shape index (κ3) is 3.15. The van der Waals surface area contributed by atoms with E-state index in [1.165, 1.54) is 18.2 Å². The van der Waals surface area contributed by atoms with Crippen LogP contribution in [0.2, 0.25) is 0 Å². The molecule has 0 radical (unpaired) electrons. The predicted octanol–water partition coefficient (Wildman–Crippen LogP) is 4.44. The van der Waals surface area contributed by atoms with Gasteiger partial charge in [-0.15, -0.1) is 0 Å². The largest absolute Gasteiger partial charge is 0.457 e. The number of hydrogen-bond acceptors (Lipinski definition) is 4. The lowest BCUT2D eigenvalue weighted by atomic mass is 9.86. The lowest BCUT2D eigenvalue weighted by Gasteiger charge is -2.16. The van der Waals surface area contributed by atoms with Gasteiger partial charge in [-0.05, 0) is 71.3 Å². The van der Waals surface area contributed by atoms with Gasteiger partial charge in [-0.2, -0.15) is 0 Å². The molecule has 0 saturated carbocycles. The van der Waals surface area contributed by atoms with Gasteiger partial charge in [0.05, 0.1) is 0 Å². The van der Waals surface area contributed by atoms with Gasteiger partial charge in [0.1, 0.15) is 11.5 Å². The lowest BCUT2D eigenvalue weighted by molar-refractivity contribution is -0.114. The highest BCUT2D eigenvalue weighted by molar-refractivity contribution is 6.18. The summed E-state index contributed by atoms with van der Waals surface area (Å²) in [6.07, 6.45) is 5.49. The van der Waals surface area contributed by atoms with Crippen molar-refractivity contribution in [1.82, 2.24) is 0 Å². The van der Waals surface area contributed by atoms with Gasteiger partial charge >= 0.3 is 0 Å². The molecule has 0 bridgehead atoms. The van der Waals surface area contributed by atoms with Crippen LogP contribution in [0.4, 0.5) is 0 Å². The average Bonchev–Trinajstić information content (AvgIpc) is 3.13. The Morgan fingerprint density at radius 2 is 1.80 bits per heavy atom. The van der Waals surface area contributed by atoms with E-state index in [0.29, 0.717) is 18.4 Å². The number of benzene rings is 3. The fourth-order valence-corrected chi connectivity index (χ4v) is 4.42. The number of carbonyl (C=O) groups is 2. The summed E-state index contributed by atoms with van der Waals surface area (Å²) in [6.45, 7) is 0.122. The summed E-state index contributed by atoms with van der Waals surface area (Å²) in [4.78, 5) is 24.3. The van der Waals surface area contributed by atoms with Crippen molar-refractivity contribution in [3.05, 3.63) is 95.1 Å². The Morgan fingerprint density at radius 3 is 2.60 bits per heavy atom. The monoisotopic (exact) mass is 396 g/mol. The van der Waals surface area contributed by atoms with Crippen molar-refractivity contribution in [2.75, 3.05) is 6.61 Å². The summed E-state index contributed by atoms with van der Waals surface area (Å²) < 4.78 is 6.17. The van der Waals surface area contributed by atoms with E-state index in [4.69, 9.17) is 9.84 Å². The second-order valence-electron chi connectivity index (χ2n) is 7.67. The summed E-state index contributed by atoms with van der Waals surface area (Å²) in [5.74, 6) is 1.14. The van der Waals surface area contributed by atoms with Crippen LogP contribution in [0.15, 0.2) is 78.4 Å². The molecular weight excluding hydrogens is 376 g/mol. The Balaban J connectivity index is 1.52. The number of rotatable bonds is 5. The van der Waals surface area contributed by atoms with Gasteiger partial charge in [-0.3, -0.25) is 9.59 Å². The van der Waals surface area contributed by atoms with Crippen LogP contribution in [0.3, 0.4) is 0 Å². The molecule has 3 aromatic carbocycles. The molecule has 0 fully saturated rings. The molecule has 0 saturated heterocycles. The van der Waals surface area contributed by atoms with Crippen molar-refractivity contribution < 1.29 is 19.4 Å². The van der Waals surface area contributed by atoms with Gasteiger partial charge in [-0.25, -0.2) is 0 Å². The maximum absolute atomic E-state index is 12.4. The molecule has 0 aromatic heterocycles. The van der Waals surface area contributed by atoms with E-state index in [0.717, 1.165) is 39.0 Å². The third-order valence-electron chi connectivity index (χ3n) is 5.83. The number of ketones is 2. The zero-order chi connectivity index (χ0) is 20.7. The molecule has 0 aliphatic heterocycles. The molecule has 0 spiro atoms. The maximum atomic E-state index is 12.4. The van der Waals surface area contributed by atoms with E-state index < -0.39 is 0 Å². The summed E-state index contributed by atoms with van der Waals surface area (Å²) in [5, 5.41) is 11.2. The molecule has 2 aliphatic rings. The normalized spacial score (nSPS) is 17.5. The van der Waals surface area contributed by atoms with E-state index >= 15 is 0 Å². The van der Waals surface area contributed by atoms with Crippen LogP contribution < -0.4 is 4.74 Å². The minimum absolute atomic E-state index is 0.0937. The van der Waals surface area contributed by atoms with Crippen molar-refractivity contribution in [1.29, 1.82) is 0 Å². The first-order valence-corrected chi connectivity index (χ1v) is 10.0. The number of ether oxygens (including phenoxy) is 1. The number of aliphatic hydroxyl groups excluding tert-OH is 1. The van der Waals surface area contributed by atoms with Crippen LogP contribution in [0, 0.1) is 0 Å². The average molecular weight is 396 g/mol. The Hall–Kier alpha value is -3.50. The summed E-state index contributed by atoms with van der Waals surface area (Å²) in [7, 11) is 0. The van der Waals surface area contributed by atoms with E-state index in [1.54, 1.807) is 0 Å².